The Morgan fingerprint density at radius 3 is 2.29 bits per heavy atom. The summed E-state index contributed by atoms with van der Waals surface area (Å²) in [5.74, 6) is 6.01. The third kappa shape index (κ3) is 3.38. The quantitative estimate of drug-likeness (QED) is 0.374. The van der Waals surface area contributed by atoms with Crippen LogP contribution < -0.4 is 0 Å². The van der Waals surface area contributed by atoms with Crippen molar-refractivity contribution < 1.29 is 4.74 Å². The molecule has 1 radical (unpaired) electrons. The Labute approximate surface area is 173 Å². The predicted molar refractivity (Wildman–Crippen MR) is 119 cm³/mol. The molecule has 1 aromatic carbocycles. The van der Waals surface area contributed by atoms with Gasteiger partial charge >= 0.3 is 0 Å². The maximum Gasteiger partial charge on any atom is 0.0716 e. The van der Waals surface area contributed by atoms with Gasteiger partial charge in [-0.15, -0.1) is 6.71 Å². The molecular formula is C26H39BO-. The molecule has 1 nitrogen and oxygen atoms in total. The highest BCUT2D eigenvalue weighted by Crippen LogP contribution is 2.68. The largest absolute Gasteiger partial charge is 0.377 e. The lowest BCUT2D eigenvalue weighted by Crippen LogP contribution is -2.58. The van der Waals surface area contributed by atoms with E-state index in [0.29, 0.717) is 5.41 Å². The van der Waals surface area contributed by atoms with E-state index in [2.05, 4.69) is 44.2 Å². The van der Waals surface area contributed by atoms with Gasteiger partial charge in [-0.05, 0) is 35.7 Å². The Bertz CT molecular complexity index is 634. The molecule has 0 N–H and O–H groups in total. The van der Waals surface area contributed by atoms with Crippen LogP contribution in [0.1, 0.15) is 77.2 Å². The fraction of sp³-hybridized carbons (Fsp3) is 0.769. The molecule has 1 aromatic rings. The van der Waals surface area contributed by atoms with Gasteiger partial charge < -0.3 is 4.74 Å². The van der Waals surface area contributed by atoms with E-state index in [-0.39, 0.29) is 0 Å². The molecule has 2 saturated heterocycles. The Hall–Kier alpha value is -0.755. The Kier molecular flexibility index (Phi) is 5.37. The first kappa shape index (κ1) is 19.2. The fourth-order valence-electron chi connectivity index (χ4n) is 8.25. The van der Waals surface area contributed by atoms with Crippen LogP contribution in [-0.4, -0.2) is 13.3 Å². The lowest BCUT2D eigenvalue weighted by Gasteiger charge is -2.70. The van der Waals surface area contributed by atoms with Crippen molar-refractivity contribution in [3.05, 3.63) is 35.9 Å². The van der Waals surface area contributed by atoms with Gasteiger partial charge in [-0.3, -0.25) is 0 Å². The predicted octanol–water partition coefficient (Wildman–Crippen LogP) is 7.25. The minimum Gasteiger partial charge on any atom is -0.377 e. The van der Waals surface area contributed by atoms with Gasteiger partial charge in [0.25, 0.3) is 0 Å². The number of hydrogen-bond donors (Lipinski definition) is 0. The van der Waals surface area contributed by atoms with Gasteiger partial charge in [-0.2, -0.15) is 17.5 Å². The van der Waals surface area contributed by atoms with Gasteiger partial charge in [-0.1, -0.05) is 95.0 Å². The normalized spacial score (nSPS) is 39.4. The van der Waals surface area contributed by atoms with Crippen LogP contribution in [0.15, 0.2) is 30.3 Å². The summed E-state index contributed by atoms with van der Waals surface area (Å²) in [4.78, 5) is 0. The molecule has 0 spiro atoms. The van der Waals surface area contributed by atoms with E-state index in [1.165, 1.54) is 63.4 Å². The molecule has 6 rings (SSSR count). The zero-order valence-corrected chi connectivity index (χ0v) is 18.1. The topological polar surface area (TPSA) is 9.23 Å². The molecular weight excluding hydrogens is 339 g/mol. The molecule has 0 aromatic heterocycles. The molecule has 2 heterocycles. The van der Waals surface area contributed by atoms with Crippen LogP contribution in [0.4, 0.5) is 0 Å². The van der Waals surface area contributed by atoms with Gasteiger partial charge in [0.2, 0.25) is 0 Å². The zero-order valence-electron chi connectivity index (χ0n) is 18.1. The fourth-order valence-corrected chi connectivity index (χ4v) is 8.25. The number of benzene rings is 1. The third-order valence-electron chi connectivity index (χ3n) is 9.76. The second kappa shape index (κ2) is 7.82. The highest BCUT2D eigenvalue weighted by atomic mass is 16.5. The van der Waals surface area contributed by atoms with E-state index in [1.54, 1.807) is 0 Å². The molecule has 4 bridgehead atoms. The van der Waals surface area contributed by atoms with Gasteiger partial charge in [0.1, 0.15) is 0 Å². The van der Waals surface area contributed by atoms with Crippen molar-refractivity contribution in [1.82, 2.24) is 0 Å². The second-order valence-electron chi connectivity index (χ2n) is 11.2. The molecule has 5 fully saturated rings. The molecule has 5 aliphatic rings. The summed E-state index contributed by atoms with van der Waals surface area (Å²) in [7, 11) is 0. The van der Waals surface area contributed by atoms with Crippen molar-refractivity contribution in [2.75, 3.05) is 6.61 Å². The van der Waals surface area contributed by atoms with E-state index in [0.717, 1.165) is 55.1 Å². The van der Waals surface area contributed by atoms with Crippen LogP contribution in [0.5, 0.6) is 0 Å². The minimum absolute atomic E-state index is 0.588. The van der Waals surface area contributed by atoms with Gasteiger partial charge in [0.05, 0.1) is 6.61 Å². The van der Waals surface area contributed by atoms with Crippen LogP contribution in [0, 0.1) is 23.2 Å². The summed E-state index contributed by atoms with van der Waals surface area (Å²) in [6.45, 7) is 7.94. The smallest absolute Gasteiger partial charge is 0.0716 e. The van der Waals surface area contributed by atoms with Crippen LogP contribution >= 0.6 is 0 Å². The van der Waals surface area contributed by atoms with E-state index >= 15 is 0 Å². The summed E-state index contributed by atoms with van der Waals surface area (Å²) in [5.41, 5.74) is 1.90. The van der Waals surface area contributed by atoms with Crippen LogP contribution in [0.3, 0.4) is 0 Å². The standard InChI is InChI=1S/C26H39BO/c1-26(2)20-16-24(26)23(14-15-28-18-19-8-4-3-5-9-19)25(17-20)27-21-10-6-11-22(27)13-7-12-21/h3-5,8-9,20-25H,6-7,10-18H2,1-2H3/q-1/t20-,21?,22?,23-,24+,25-/m0/s1. The number of rotatable bonds is 6. The zero-order chi connectivity index (χ0) is 19.1. The first-order valence-corrected chi connectivity index (χ1v) is 12.3. The number of hydrogen-bond acceptors (Lipinski definition) is 1. The number of fused-ring (bicyclic) bond motifs is 5. The van der Waals surface area contributed by atoms with Gasteiger partial charge in [-0.25, -0.2) is 0 Å². The molecule has 28 heavy (non-hydrogen) atoms. The Morgan fingerprint density at radius 1 is 0.964 bits per heavy atom. The SMILES string of the molecule is CC1(C)[C@@H]2C[C@H]([B-]3C4CCCC3CCC4)[C@@H](CCOCc3ccccc3)[C@H]1C2. The minimum atomic E-state index is 0.588. The van der Waals surface area contributed by atoms with Crippen molar-refractivity contribution >= 4 is 6.71 Å². The van der Waals surface area contributed by atoms with Crippen LogP contribution in [0.25, 0.3) is 0 Å². The Balaban J connectivity index is 1.26. The second-order valence-corrected chi connectivity index (χ2v) is 11.2. The molecule has 4 atom stereocenters. The highest BCUT2D eigenvalue weighted by Gasteiger charge is 2.56. The summed E-state index contributed by atoms with van der Waals surface area (Å²) in [6.07, 6.45) is 13.5. The lowest BCUT2D eigenvalue weighted by atomic mass is 9.18. The molecule has 0 amide bonds. The highest BCUT2D eigenvalue weighted by molar-refractivity contribution is 6.64. The average molecular weight is 378 g/mol. The van der Waals surface area contributed by atoms with Crippen molar-refractivity contribution in [3.8, 4) is 0 Å². The summed E-state index contributed by atoms with van der Waals surface area (Å²) >= 11 is 0. The summed E-state index contributed by atoms with van der Waals surface area (Å²) in [5, 5.41) is 0. The summed E-state index contributed by atoms with van der Waals surface area (Å²) < 4.78 is 6.19. The monoisotopic (exact) mass is 378 g/mol. The first-order chi connectivity index (χ1) is 13.6. The molecule has 2 heteroatoms. The Morgan fingerprint density at radius 2 is 1.64 bits per heavy atom. The molecule has 0 unspecified atom stereocenters. The van der Waals surface area contributed by atoms with E-state index in [9.17, 15) is 0 Å². The molecule has 3 saturated carbocycles. The van der Waals surface area contributed by atoms with Crippen LogP contribution in [-0.2, 0) is 11.3 Å². The molecule has 2 aliphatic heterocycles. The average Bonchev–Trinajstić information content (AvgIpc) is 2.71. The van der Waals surface area contributed by atoms with E-state index < -0.39 is 0 Å². The number of ether oxygens (including phenoxy) is 1. The maximum atomic E-state index is 6.19. The molecule has 3 aliphatic carbocycles. The third-order valence-corrected chi connectivity index (χ3v) is 9.76. The van der Waals surface area contributed by atoms with E-state index in [4.69, 9.17) is 4.74 Å². The van der Waals surface area contributed by atoms with Crippen molar-refractivity contribution in [1.29, 1.82) is 0 Å². The van der Waals surface area contributed by atoms with Crippen molar-refractivity contribution in [2.45, 2.75) is 95.7 Å². The first-order valence-electron chi connectivity index (χ1n) is 12.3. The van der Waals surface area contributed by atoms with E-state index in [1.807, 2.05) is 0 Å². The molecule has 153 valence electrons. The van der Waals surface area contributed by atoms with Crippen molar-refractivity contribution in [3.63, 3.8) is 0 Å². The summed E-state index contributed by atoms with van der Waals surface area (Å²) in [6, 6.07) is 10.7. The lowest BCUT2D eigenvalue weighted by molar-refractivity contribution is -0.112. The maximum absolute atomic E-state index is 6.19. The van der Waals surface area contributed by atoms with Gasteiger partial charge in [0, 0.05) is 6.61 Å². The van der Waals surface area contributed by atoms with Crippen LogP contribution in [0.2, 0.25) is 17.5 Å². The van der Waals surface area contributed by atoms with Gasteiger partial charge in [0.15, 0.2) is 0 Å². The van der Waals surface area contributed by atoms with Crippen molar-refractivity contribution in [2.24, 2.45) is 23.2 Å².